The van der Waals surface area contributed by atoms with Crippen molar-refractivity contribution in [2.75, 3.05) is 38.7 Å². The first kappa shape index (κ1) is 22.5. The van der Waals surface area contributed by atoms with Crippen LogP contribution in [0.15, 0.2) is 39.6 Å². The van der Waals surface area contributed by atoms with E-state index in [-0.39, 0.29) is 0 Å². The number of hydrogen-bond acceptors (Lipinski definition) is 4. The molecule has 5 rings (SSSR count). The predicted molar refractivity (Wildman–Crippen MR) is 130 cm³/mol. The summed E-state index contributed by atoms with van der Waals surface area (Å²) in [4.78, 5) is 15.9. The van der Waals surface area contributed by atoms with Gasteiger partial charge in [-0.1, -0.05) is 18.2 Å². The monoisotopic (exact) mass is 468 g/mol. The molecule has 1 atom stereocenters. The van der Waals surface area contributed by atoms with Gasteiger partial charge in [-0.3, -0.25) is 4.90 Å². The number of benzene rings is 2. The van der Waals surface area contributed by atoms with E-state index >= 15 is 0 Å². The number of rotatable bonds is 5. The molecule has 7 nitrogen and oxygen atoms in total. The van der Waals surface area contributed by atoms with Gasteiger partial charge in [0.1, 0.15) is 9.92 Å². The van der Waals surface area contributed by atoms with Crippen LogP contribution in [-0.2, 0) is 46.9 Å². The number of carbonyl (C=O) groups excluding carboxylic acids is 1. The SMILES string of the molecule is CNS(=O)(=NC(=O)Nc1c2c(cc3c1CCC3)CCC2)c1cccc(CN2CCOCC2)c1. The Morgan fingerprint density at radius 3 is 2.42 bits per heavy atom. The molecule has 1 fully saturated rings. The van der Waals surface area contributed by atoms with Crippen molar-refractivity contribution < 1.29 is 13.7 Å². The summed E-state index contributed by atoms with van der Waals surface area (Å²) < 4.78 is 26.1. The van der Waals surface area contributed by atoms with Gasteiger partial charge in [0.15, 0.2) is 0 Å². The van der Waals surface area contributed by atoms with Crippen molar-refractivity contribution in [1.82, 2.24) is 9.62 Å². The third-order valence-electron chi connectivity index (χ3n) is 6.92. The van der Waals surface area contributed by atoms with E-state index in [9.17, 15) is 9.00 Å². The van der Waals surface area contributed by atoms with Crippen molar-refractivity contribution in [3.63, 3.8) is 0 Å². The topological polar surface area (TPSA) is 83.0 Å². The number of anilines is 1. The lowest BCUT2D eigenvalue weighted by atomic mass is 9.99. The number of aryl methyl sites for hydroxylation is 2. The molecule has 1 saturated heterocycles. The Bertz CT molecular complexity index is 1150. The molecule has 2 aromatic carbocycles. The minimum Gasteiger partial charge on any atom is -0.379 e. The quantitative estimate of drug-likeness (QED) is 0.701. The van der Waals surface area contributed by atoms with E-state index in [4.69, 9.17) is 4.74 Å². The van der Waals surface area contributed by atoms with Crippen LogP contribution in [0.3, 0.4) is 0 Å². The Balaban J connectivity index is 1.41. The molecule has 2 aliphatic carbocycles. The second-order valence-corrected chi connectivity index (χ2v) is 11.1. The lowest BCUT2D eigenvalue weighted by Gasteiger charge is -2.26. The van der Waals surface area contributed by atoms with Crippen molar-refractivity contribution in [1.29, 1.82) is 0 Å². The fraction of sp³-hybridized carbons (Fsp3) is 0.480. The van der Waals surface area contributed by atoms with Crippen molar-refractivity contribution in [3.8, 4) is 0 Å². The highest BCUT2D eigenvalue weighted by atomic mass is 32.2. The first-order valence-corrected chi connectivity index (χ1v) is 13.4. The molecule has 3 aliphatic rings. The molecule has 2 aromatic rings. The van der Waals surface area contributed by atoms with Crippen molar-refractivity contribution >= 4 is 21.6 Å². The van der Waals surface area contributed by atoms with E-state index < -0.39 is 15.9 Å². The van der Waals surface area contributed by atoms with Gasteiger partial charge in [0.05, 0.1) is 18.1 Å². The highest BCUT2D eigenvalue weighted by molar-refractivity contribution is 7.92. The van der Waals surface area contributed by atoms with E-state index in [0.717, 1.165) is 82.6 Å². The number of nitrogens with zero attached hydrogens (tertiary/aromatic N) is 2. The Kier molecular flexibility index (Phi) is 6.51. The van der Waals surface area contributed by atoms with E-state index in [1.807, 2.05) is 18.2 Å². The van der Waals surface area contributed by atoms with Crippen LogP contribution in [-0.4, -0.2) is 48.5 Å². The molecule has 0 saturated carbocycles. The van der Waals surface area contributed by atoms with Crippen molar-refractivity contribution in [2.24, 2.45) is 4.36 Å². The van der Waals surface area contributed by atoms with Crippen LogP contribution in [0.5, 0.6) is 0 Å². The molecule has 0 bridgehead atoms. The molecule has 1 heterocycles. The molecule has 0 spiro atoms. The van der Waals surface area contributed by atoms with E-state index in [1.165, 1.54) is 22.3 Å². The zero-order chi connectivity index (χ0) is 22.8. The lowest BCUT2D eigenvalue weighted by Crippen LogP contribution is -2.35. The predicted octanol–water partition coefficient (Wildman–Crippen LogP) is 3.69. The summed E-state index contributed by atoms with van der Waals surface area (Å²) in [6.07, 6.45) is 6.30. The maximum atomic E-state index is 13.7. The Labute approximate surface area is 196 Å². The van der Waals surface area contributed by atoms with Gasteiger partial charge >= 0.3 is 6.03 Å². The number of morpholine rings is 1. The molecular weight excluding hydrogens is 436 g/mol. The summed E-state index contributed by atoms with van der Waals surface area (Å²) in [6, 6.07) is 9.34. The van der Waals surface area contributed by atoms with Crippen LogP contribution in [0.25, 0.3) is 0 Å². The van der Waals surface area contributed by atoms with Crippen LogP contribution in [0.1, 0.15) is 40.7 Å². The van der Waals surface area contributed by atoms with Gasteiger partial charge in [-0.15, -0.1) is 4.36 Å². The zero-order valence-electron chi connectivity index (χ0n) is 19.2. The smallest absolute Gasteiger partial charge is 0.354 e. The van der Waals surface area contributed by atoms with Gasteiger partial charge in [0.2, 0.25) is 0 Å². The normalized spacial score (nSPS) is 19.5. The second-order valence-electron chi connectivity index (χ2n) is 9.02. The van der Waals surface area contributed by atoms with E-state index in [1.54, 1.807) is 13.1 Å². The fourth-order valence-corrected chi connectivity index (χ4v) is 6.55. The van der Waals surface area contributed by atoms with Gasteiger partial charge in [-0.05, 0) is 85.5 Å². The molecule has 1 unspecified atom stereocenters. The van der Waals surface area contributed by atoms with Crippen LogP contribution in [0, 0.1) is 0 Å². The molecule has 176 valence electrons. The van der Waals surface area contributed by atoms with Crippen LogP contribution < -0.4 is 10.0 Å². The van der Waals surface area contributed by atoms with Gasteiger partial charge in [-0.2, -0.15) is 0 Å². The first-order chi connectivity index (χ1) is 16.1. The van der Waals surface area contributed by atoms with Crippen molar-refractivity contribution in [2.45, 2.75) is 50.0 Å². The number of nitrogens with one attached hydrogen (secondary N) is 2. The Hall–Kier alpha value is -2.26. The highest BCUT2D eigenvalue weighted by Gasteiger charge is 2.25. The summed E-state index contributed by atoms with van der Waals surface area (Å²) in [5.74, 6) is 0. The van der Waals surface area contributed by atoms with E-state index in [0.29, 0.717) is 4.90 Å². The number of carbonyl (C=O) groups is 1. The summed E-state index contributed by atoms with van der Waals surface area (Å²) in [6.45, 7) is 3.98. The lowest BCUT2D eigenvalue weighted by molar-refractivity contribution is 0.0341. The number of urea groups is 1. The minimum absolute atomic E-state index is 0.523. The van der Waals surface area contributed by atoms with Gasteiger partial charge in [0.25, 0.3) is 0 Å². The third kappa shape index (κ3) is 4.71. The van der Waals surface area contributed by atoms with Crippen LogP contribution in [0.4, 0.5) is 10.5 Å². The largest absolute Gasteiger partial charge is 0.379 e. The number of fused-ring (bicyclic) bond motifs is 2. The molecule has 8 heteroatoms. The summed E-state index contributed by atoms with van der Waals surface area (Å²) in [7, 11) is -1.51. The fourth-order valence-electron chi connectivity index (χ4n) is 5.26. The molecule has 2 N–H and O–H groups in total. The molecule has 1 aliphatic heterocycles. The molecule has 2 amide bonds. The standard InChI is InChI=1S/C25H32N4O3S/c1-26-33(31,21-8-2-5-18(15-21)17-29-11-13-32-14-12-29)28-25(30)27-24-22-9-3-6-19(22)16-20-7-4-10-23(20)24/h2,5,8,15-16H,3-4,6-7,9-14,17H2,1H3,(H2,26,27,28,30,31). The first-order valence-electron chi connectivity index (χ1n) is 11.9. The average Bonchev–Trinajstić information content (AvgIpc) is 3.49. The molecule has 0 aromatic heterocycles. The highest BCUT2D eigenvalue weighted by Crippen LogP contribution is 2.38. The van der Waals surface area contributed by atoms with Gasteiger partial charge < -0.3 is 10.1 Å². The van der Waals surface area contributed by atoms with Gasteiger partial charge in [0, 0.05) is 25.3 Å². The molecular formula is C25H32N4O3S. The number of hydrogen-bond donors (Lipinski definition) is 2. The van der Waals surface area contributed by atoms with Crippen LogP contribution in [0.2, 0.25) is 0 Å². The Morgan fingerprint density at radius 2 is 1.76 bits per heavy atom. The summed E-state index contributed by atoms with van der Waals surface area (Å²) in [5, 5.41) is 3.04. The van der Waals surface area contributed by atoms with Crippen molar-refractivity contribution in [3.05, 3.63) is 58.1 Å². The summed E-state index contributed by atoms with van der Waals surface area (Å²) >= 11 is 0. The molecule has 33 heavy (non-hydrogen) atoms. The Morgan fingerprint density at radius 1 is 1.06 bits per heavy atom. The van der Waals surface area contributed by atoms with E-state index in [2.05, 4.69) is 25.4 Å². The average molecular weight is 469 g/mol. The third-order valence-corrected chi connectivity index (χ3v) is 8.79. The van der Waals surface area contributed by atoms with Gasteiger partial charge in [-0.25, -0.2) is 13.7 Å². The van der Waals surface area contributed by atoms with Crippen LogP contribution >= 0.6 is 0 Å². The minimum atomic E-state index is -3.10. The zero-order valence-corrected chi connectivity index (χ0v) is 20.0. The number of amides is 2. The molecule has 0 radical (unpaired) electrons. The maximum Gasteiger partial charge on any atom is 0.354 e. The maximum absolute atomic E-state index is 13.7. The summed E-state index contributed by atoms with van der Waals surface area (Å²) in [5.41, 5.74) is 7.13. The second kappa shape index (κ2) is 9.54. The number of ether oxygens (including phenoxy) is 1.